The summed E-state index contributed by atoms with van der Waals surface area (Å²) in [6, 6.07) is 6.15. The number of nitrogens with zero attached hydrogens (tertiary/aromatic N) is 2. The molecule has 1 aromatic heterocycles. The molecular formula is C13H21N3. The number of hydrogen-bond donors (Lipinski definition) is 1. The van der Waals surface area contributed by atoms with Crippen LogP contribution in [0.15, 0.2) is 24.4 Å². The van der Waals surface area contributed by atoms with Gasteiger partial charge >= 0.3 is 0 Å². The zero-order chi connectivity index (χ0) is 11.2. The van der Waals surface area contributed by atoms with E-state index >= 15 is 0 Å². The minimum atomic E-state index is 0.896. The van der Waals surface area contributed by atoms with Crippen LogP contribution in [0.3, 0.4) is 0 Å². The lowest BCUT2D eigenvalue weighted by molar-refractivity contribution is 0.377. The maximum absolute atomic E-state index is 4.40. The third kappa shape index (κ3) is 2.95. The van der Waals surface area contributed by atoms with E-state index in [4.69, 9.17) is 0 Å². The van der Waals surface area contributed by atoms with Crippen molar-refractivity contribution in [2.45, 2.75) is 19.3 Å². The lowest BCUT2D eigenvalue weighted by Crippen LogP contribution is -2.34. The van der Waals surface area contributed by atoms with Crippen molar-refractivity contribution >= 4 is 5.82 Å². The quantitative estimate of drug-likeness (QED) is 0.838. The lowest BCUT2D eigenvalue weighted by Gasteiger charge is -2.32. The molecule has 1 saturated heterocycles. The minimum absolute atomic E-state index is 0.896. The topological polar surface area (TPSA) is 28.2 Å². The number of aromatic nitrogens is 1. The Morgan fingerprint density at radius 1 is 1.38 bits per heavy atom. The molecule has 0 unspecified atom stereocenters. The molecule has 0 saturated carbocycles. The van der Waals surface area contributed by atoms with Crippen LogP contribution < -0.4 is 10.2 Å². The van der Waals surface area contributed by atoms with Gasteiger partial charge < -0.3 is 10.2 Å². The van der Waals surface area contributed by atoms with Crippen molar-refractivity contribution in [1.82, 2.24) is 10.3 Å². The Hall–Kier alpha value is -1.09. The molecular weight excluding hydrogens is 198 g/mol. The molecule has 1 aromatic rings. The second-order valence-electron chi connectivity index (χ2n) is 4.51. The van der Waals surface area contributed by atoms with Gasteiger partial charge in [0.1, 0.15) is 5.82 Å². The van der Waals surface area contributed by atoms with Gasteiger partial charge in [-0.1, -0.05) is 6.07 Å². The molecule has 3 heteroatoms. The van der Waals surface area contributed by atoms with Crippen molar-refractivity contribution in [3.05, 3.63) is 24.4 Å². The van der Waals surface area contributed by atoms with Gasteiger partial charge in [-0.25, -0.2) is 4.98 Å². The fourth-order valence-electron chi connectivity index (χ4n) is 2.34. The van der Waals surface area contributed by atoms with Crippen LogP contribution >= 0.6 is 0 Å². The van der Waals surface area contributed by atoms with Crippen molar-refractivity contribution < 1.29 is 0 Å². The largest absolute Gasteiger partial charge is 0.357 e. The summed E-state index contributed by atoms with van der Waals surface area (Å²) >= 11 is 0. The van der Waals surface area contributed by atoms with E-state index in [1.54, 1.807) is 0 Å². The Morgan fingerprint density at radius 3 is 2.81 bits per heavy atom. The SMILES string of the molecule is CNCCC1CCN(c2ccccn2)CC1. The molecule has 1 aliphatic rings. The highest BCUT2D eigenvalue weighted by molar-refractivity contribution is 5.37. The molecule has 88 valence electrons. The zero-order valence-electron chi connectivity index (χ0n) is 10.0. The summed E-state index contributed by atoms with van der Waals surface area (Å²) in [7, 11) is 2.03. The highest BCUT2D eigenvalue weighted by atomic mass is 15.2. The molecule has 0 aliphatic carbocycles. The molecule has 0 aromatic carbocycles. The summed E-state index contributed by atoms with van der Waals surface area (Å²) in [5.74, 6) is 2.03. The molecule has 1 fully saturated rings. The van der Waals surface area contributed by atoms with Gasteiger partial charge in [0.05, 0.1) is 0 Å². The normalized spacial score (nSPS) is 17.7. The second kappa shape index (κ2) is 5.85. The van der Waals surface area contributed by atoms with E-state index in [0.29, 0.717) is 0 Å². The van der Waals surface area contributed by atoms with Crippen LogP contribution in [-0.2, 0) is 0 Å². The molecule has 16 heavy (non-hydrogen) atoms. The molecule has 0 bridgehead atoms. The van der Waals surface area contributed by atoms with Crippen molar-refractivity contribution in [2.75, 3.05) is 31.6 Å². The summed E-state index contributed by atoms with van der Waals surface area (Å²) < 4.78 is 0. The first-order chi connectivity index (χ1) is 7.90. The van der Waals surface area contributed by atoms with E-state index in [-0.39, 0.29) is 0 Å². The van der Waals surface area contributed by atoms with Gasteiger partial charge in [0.2, 0.25) is 0 Å². The molecule has 3 nitrogen and oxygen atoms in total. The van der Waals surface area contributed by atoms with Crippen LogP contribution in [0.2, 0.25) is 0 Å². The van der Waals surface area contributed by atoms with Gasteiger partial charge in [-0.2, -0.15) is 0 Å². The number of nitrogens with one attached hydrogen (secondary N) is 1. The summed E-state index contributed by atoms with van der Waals surface area (Å²) in [5.41, 5.74) is 0. The predicted molar refractivity (Wildman–Crippen MR) is 67.7 cm³/mol. The first-order valence-electron chi connectivity index (χ1n) is 6.20. The van der Waals surface area contributed by atoms with E-state index in [9.17, 15) is 0 Å². The maximum Gasteiger partial charge on any atom is 0.128 e. The molecule has 1 aliphatic heterocycles. The van der Waals surface area contributed by atoms with Crippen molar-refractivity contribution in [1.29, 1.82) is 0 Å². The molecule has 2 rings (SSSR count). The van der Waals surface area contributed by atoms with Crippen LogP contribution in [-0.4, -0.2) is 31.7 Å². The number of rotatable bonds is 4. The van der Waals surface area contributed by atoms with Gasteiger partial charge in [-0.3, -0.25) is 0 Å². The monoisotopic (exact) mass is 219 g/mol. The Balaban J connectivity index is 1.81. The van der Waals surface area contributed by atoms with Crippen LogP contribution in [0.1, 0.15) is 19.3 Å². The minimum Gasteiger partial charge on any atom is -0.357 e. The summed E-state index contributed by atoms with van der Waals surface area (Å²) in [5, 5.41) is 3.23. The maximum atomic E-state index is 4.40. The third-order valence-corrected chi connectivity index (χ3v) is 3.39. The van der Waals surface area contributed by atoms with Crippen LogP contribution in [0, 0.1) is 5.92 Å². The van der Waals surface area contributed by atoms with Gasteiger partial charge in [0.15, 0.2) is 0 Å². The van der Waals surface area contributed by atoms with E-state index < -0.39 is 0 Å². The van der Waals surface area contributed by atoms with E-state index in [0.717, 1.165) is 31.4 Å². The fourth-order valence-corrected chi connectivity index (χ4v) is 2.34. The van der Waals surface area contributed by atoms with Gasteiger partial charge in [0, 0.05) is 19.3 Å². The van der Waals surface area contributed by atoms with Crippen LogP contribution in [0.4, 0.5) is 5.82 Å². The molecule has 0 radical (unpaired) electrons. The van der Waals surface area contributed by atoms with Crippen molar-refractivity contribution in [3.63, 3.8) is 0 Å². The van der Waals surface area contributed by atoms with Crippen LogP contribution in [0.25, 0.3) is 0 Å². The van der Waals surface area contributed by atoms with Crippen molar-refractivity contribution in [2.24, 2.45) is 5.92 Å². The molecule has 1 N–H and O–H groups in total. The average molecular weight is 219 g/mol. The Labute approximate surface area is 97.9 Å². The van der Waals surface area contributed by atoms with Gasteiger partial charge in [-0.15, -0.1) is 0 Å². The fraction of sp³-hybridized carbons (Fsp3) is 0.615. The highest BCUT2D eigenvalue weighted by Crippen LogP contribution is 2.23. The zero-order valence-corrected chi connectivity index (χ0v) is 10.0. The number of piperidine rings is 1. The van der Waals surface area contributed by atoms with E-state index in [2.05, 4.69) is 27.3 Å². The number of anilines is 1. The number of hydrogen-bond acceptors (Lipinski definition) is 3. The third-order valence-electron chi connectivity index (χ3n) is 3.39. The first-order valence-corrected chi connectivity index (χ1v) is 6.20. The van der Waals surface area contributed by atoms with Crippen LogP contribution in [0.5, 0.6) is 0 Å². The highest BCUT2D eigenvalue weighted by Gasteiger charge is 2.19. The standard InChI is InChI=1S/C13H21N3/c1-14-9-5-12-6-10-16(11-7-12)13-4-2-3-8-15-13/h2-4,8,12,14H,5-7,9-11H2,1H3. The Morgan fingerprint density at radius 2 is 2.19 bits per heavy atom. The first kappa shape index (κ1) is 11.4. The second-order valence-corrected chi connectivity index (χ2v) is 4.51. The molecule has 0 atom stereocenters. The summed E-state index contributed by atoms with van der Waals surface area (Å²) in [6.07, 6.45) is 5.80. The molecule has 0 spiro atoms. The van der Waals surface area contributed by atoms with Gasteiger partial charge in [0.25, 0.3) is 0 Å². The van der Waals surface area contributed by atoms with E-state index in [1.807, 2.05) is 19.3 Å². The number of pyridine rings is 1. The summed E-state index contributed by atoms with van der Waals surface area (Å²) in [4.78, 5) is 6.80. The lowest BCUT2D eigenvalue weighted by atomic mass is 9.93. The summed E-state index contributed by atoms with van der Waals surface area (Å²) in [6.45, 7) is 3.46. The molecule has 0 amide bonds. The van der Waals surface area contributed by atoms with E-state index in [1.165, 1.54) is 19.3 Å². The smallest absolute Gasteiger partial charge is 0.128 e. The predicted octanol–water partition coefficient (Wildman–Crippen LogP) is 1.91. The average Bonchev–Trinajstić information content (AvgIpc) is 2.38. The Bertz CT molecular complexity index is 291. The van der Waals surface area contributed by atoms with Crippen molar-refractivity contribution in [3.8, 4) is 0 Å². The Kier molecular flexibility index (Phi) is 4.17. The van der Waals surface area contributed by atoms with Gasteiger partial charge in [-0.05, 0) is 50.9 Å². The molecule has 2 heterocycles.